The van der Waals surface area contributed by atoms with Crippen molar-refractivity contribution in [1.82, 2.24) is 5.32 Å². The van der Waals surface area contributed by atoms with Crippen LogP contribution in [-0.2, 0) is 6.54 Å². The smallest absolute Gasteiger partial charge is 0.0510 e. The number of nitrogens with zero attached hydrogens (tertiary/aromatic N) is 1. The number of hydrogen-bond acceptors (Lipinski definition) is 3. The fraction of sp³-hybridized carbons (Fsp3) is 0.600. The third-order valence-corrected chi connectivity index (χ3v) is 3.67. The fourth-order valence-electron chi connectivity index (χ4n) is 1.95. The molecule has 0 aromatic heterocycles. The third-order valence-electron chi connectivity index (χ3n) is 3.04. The van der Waals surface area contributed by atoms with E-state index in [0.717, 1.165) is 30.5 Å². The van der Waals surface area contributed by atoms with Crippen LogP contribution in [0.15, 0.2) is 22.7 Å². The first-order valence-corrected chi connectivity index (χ1v) is 7.75. The minimum absolute atomic E-state index is 0.241. The predicted octanol–water partition coefficient (Wildman–Crippen LogP) is 3.16. The average molecular weight is 329 g/mol. The molecule has 3 nitrogen and oxygen atoms in total. The monoisotopic (exact) mass is 328 g/mol. The number of aliphatic hydroxyl groups is 1. The second-order valence-corrected chi connectivity index (χ2v) is 5.83. The molecule has 0 unspecified atom stereocenters. The van der Waals surface area contributed by atoms with Crippen molar-refractivity contribution in [2.75, 3.05) is 24.6 Å². The molecule has 0 saturated carbocycles. The normalized spacial score (nSPS) is 11.1. The van der Waals surface area contributed by atoms with E-state index in [0.29, 0.717) is 6.04 Å². The van der Waals surface area contributed by atoms with Crippen molar-refractivity contribution in [2.45, 2.75) is 39.8 Å². The molecule has 0 bridgehead atoms. The Kier molecular flexibility index (Phi) is 7.42. The second kappa shape index (κ2) is 8.56. The standard InChI is InChI=1S/C15H25BrN2O/c1-4-18(8-5-9-19)15-7-6-13(10-14(15)16)11-17-12(2)3/h6-7,10,12,17,19H,4-5,8-9,11H2,1-3H3. The molecule has 2 N–H and O–H groups in total. The Morgan fingerprint density at radius 1 is 1.37 bits per heavy atom. The molecule has 1 rings (SSSR count). The molecule has 0 fully saturated rings. The first-order chi connectivity index (χ1) is 9.08. The van der Waals surface area contributed by atoms with Gasteiger partial charge < -0.3 is 15.3 Å². The number of nitrogens with one attached hydrogen (secondary N) is 1. The summed E-state index contributed by atoms with van der Waals surface area (Å²) in [5.74, 6) is 0. The van der Waals surface area contributed by atoms with E-state index in [-0.39, 0.29) is 6.61 Å². The second-order valence-electron chi connectivity index (χ2n) is 4.98. The van der Waals surface area contributed by atoms with Gasteiger partial charge in [0, 0.05) is 36.8 Å². The van der Waals surface area contributed by atoms with Gasteiger partial charge in [-0.3, -0.25) is 0 Å². The Hall–Kier alpha value is -0.580. The molecule has 1 aromatic carbocycles. The lowest BCUT2D eigenvalue weighted by molar-refractivity contribution is 0.289. The Bertz CT molecular complexity index is 382. The molecule has 0 spiro atoms. The van der Waals surface area contributed by atoms with E-state index in [1.807, 2.05) is 0 Å². The van der Waals surface area contributed by atoms with Crippen LogP contribution in [0.25, 0.3) is 0 Å². The molecule has 0 amide bonds. The van der Waals surface area contributed by atoms with Crippen molar-refractivity contribution in [3.63, 3.8) is 0 Å². The Balaban J connectivity index is 2.74. The van der Waals surface area contributed by atoms with Crippen LogP contribution in [-0.4, -0.2) is 30.8 Å². The van der Waals surface area contributed by atoms with Crippen molar-refractivity contribution in [2.24, 2.45) is 0 Å². The highest BCUT2D eigenvalue weighted by Gasteiger charge is 2.08. The summed E-state index contributed by atoms with van der Waals surface area (Å²) >= 11 is 3.66. The maximum Gasteiger partial charge on any atom is 0.0510 e. The zero-order valence-electron chi connectivity index (χ0n) is 12.1. The molecule has 19 heavy (non-hydrogen) atoms. The highest BCUT2D eigenvalue weighted by Crippen LogP contribution is 2.27. The molecule has 0 saturated heterocycles. The minimum Gasteiger partial charge on any atom is -0.396 e. The highest BCUT2D eigenvalue weighted by atomic mass is 79.9. The van der Waals surface area contributed by atoms with Gasteiger partial charge in [-0.25, -0.2) is 0 Å². The molecular formula is C15H25BrN2O. The Labute approximate surface area is 125 Å². The van der Waals surface area contributed by atoms with Gasteiger partial charge in [-0.1, -0.05) is 19.9 Å². The van der Waals surface area contributed by atoms with Gasteiger partial charge in [0.15, 0.2) is 0 Å². The molecule has 108 valence electrons. The zero-order valence-corrected chi connectivity index (χ0v) is 13.7. The molecule has 0 heterocycles. The van der Waals surface area contributed by atoms with Crippen LogP contribution in [0.3, 0.4) is 0 Å². The van der Waals surface area contributed by atoms with E-state index in [9.17, 15) is 0 Å². The summed E-state index contributed by atoms with van der Waals surface area (Å²) < 4.78 is 1.12. The third kappa shape index (κ3) is 5.51. The van der Waals surface area contributed by atoms with Crippen molar-refractivity contribution >= 4 is 21.6 Å². The van der Waals surface area contributed by atoms with Crippen LogP contribution in [0.5, 0.6) is 0 Å². The van der Waals surface area contributed by atoms with E-state index in [4.69, 9.17) is 5.11 Å². The number of benzene rings is 1. The number of anilines is 1. The molecule has 4 heteroatoms. The highest BCUT2D eigenvalue weighted by molar-refractivity contribution is 9.10. The maximum atomic E-state index is 8.95. The van der Waals surface area contributed by atoms with Gasteiger partial charge in [0.05, 0.1) is 5.69 Å². The maximum absolute atomic E-state index is 8.95. The van der Waals surface area contributed by atoms with Crippen molar-refractivity contribution in [3.8, 4) is 0 Å². The summed E-state index contributed by atoms with van der Waals surface area (Å²) in [7, 11) is 0. The zero-order chi connectivity index (χ0) is 14.3. The largest absolute Gasteiger partial charge is 0.396 e. The van der Waals surface area contributed by atoms with E-state index in [1.165, 1.54) is 11.3 Å². The van der Waals surface area contributed by atoms with Crippen LogP contribution >= 0.6 is 15.9 Å². The van der Waals surface area contributed by atoms with E-state index in [2.05, 4.69) is 65.1 Å². The lowest BCUT2D eigenvalue weighted by Crippen LogP contribution is -2.25. The van der Waals surface area contributed by atoms with E-state index >= 15 is 0 Å². The van der Waals surface area contributed by atoms with Crippen LogP contribution in [0.2, 0.25) is 0 Å². The topological polar surface area (TPSA) is 35.5 Å². The molecule has 0 aliphatic carbocycles. The molecule has 0 atom stereocenters. The molecule has 1 aromatic rings. The SMILES string of the molecule is CCN(CCCO)c1ccc(CNC(C)C)cc1Br. The lowest BCUT2D eigenvalue weighted by atomic mass is 10.1. The summed E-state index contributed by atoms with van der Waals surface area (Å²) in [5, 5.41) is 12.4. The first kappa shape index (κ1) is 16.5. The van der Waals surface area contributed by atoms with Gasteiger partial charge >= 0.3 is 0 Å². The van der Waals surface area contributed by atoms with Gasteiger partial charge in [0.1, 0.15) is 0 Å². The van der Waals surface area contributed by atoms with Gasteiger partial charge in [0.2, 0.25) is 0 Å². The number of halogens is 1. The van der Waals surface area contributed by atoms with Crippen molar-refractivity contribution in [3.05, 3.63) is 28.2 Å². The Morgan fingerprint density at radius 3 is 2.63 bits per heavy atom. The molecular weight excluding hydrogens is 304 g/mol. The average Bonchev–Trinajstić information content (AvgIpc) is 2.39. The number of rotatable bonds is 8. The molecule has 0 aliphatic rings. The van der Waals surface area contributed by atoms with E-state index < -0.39 is 0 Å². The van der Waals surface area contributed by atoms with Gasteiger partial charge in [-0.2, -0.15) is 0 Å². The lowest BCUT2D eigenvalue weighted by Gasteiger charge is -2.24. The van der Waals surface area contributed by atoms with Gasteiger partial charge in [-0.05, 0) is 47.0 Å². The van der Waals surface area contributed by atoms with E-state index in [1.54, 1.807) is 0 Å². The summed E-state index contributed by atoms with van der Waals surface area (Å²) in [5.41, 5.74) is 2.48. The summed E-state index contributed by atoms with van der Waals surface area (Å²) in [4.78, 5) is 2.28. The van der Waals surface area contributed by atoms with Gasteiger partial charge in [-0.15, -0.1) is 0 Å². The fourth-order valence-corrected chi connectivity index (χ4v) is 2.63. The Morgan fingerprint density at radius 2 is 2.11 bits per heavy atom. The molecule has 0 aliphatic heterocycles. The van der Waals surface area contributed by atoms with Crippen LogP contribution in [0, 0.1) is 0 Å². The number of hydrogen-bond donors (Lipinski definition) is 2. The first-order valence-electron chi connectivity index (χ1n) is 6.96. The minimum atomic E-state index is 0.241. The van der Waals surface area contributed by atoms with Crippen molar-refractivity contribution < 1.29 is 5.11 Å². The summed E-state index contributed by atoms with van der Waals surface area (Å²) in [6.07, 6.45) is 0.803. The van der Waals surface area contributed by atoms with Crippen LogP contribution in [0.1, 0.15) is 32.8 Å². The van der Waals surface area contributed by atoms with Crippen molar-refractivity contribution in [1.29, 1.82) is 0 Å². The van der Waals surface area contributed by atoms with Crippen LogP contribution < -0.4 is 10.2 Å². The predicted molar refractivity (Wildman–Crippen MR) is 85.7 cm³/mol. The van der Waals surface area contributed by atoms with Gasteiger partial charge in [0.25, 0.3) is 0 Å². The number of aliphatic hydroxyl groups excluding tert-OH is 1. The summed E-state index contributed by atoms with van der Waals surface area (Å²) in [6.45, 7) is 9.40. The quantitative estimate of drug-likeness (QED) is 0.769. The van der Waals surface area contributed by atoms with Crippen LogP contribution in [0.4, 0.5) is 5.69 Å². The summed E-state index contributed by atoms with van der Waals surface area (Å²) in [6, 6.07) is 6.99. The molecule has 0 radical (unpaired) electrons.